The van der Waals surface area contributed by atoms with Crippen molar-refractivity contribution in [2.45, 2.75) is 31.0 Å². The number of esters is 2. The summed E-state index contributed by atoms with van der Waals surface area (Å²) in [6, 6.07) is 2.23. The SMILES string of the molecule is CN1C2CCC13OC(=O)/C=C/C(=O)OC3=C(c1sccc1Br)C2. The van der Waals surface area contributed by atoms with Crippen molar-refractivity contribution >= 4 is 44.8 Å². The van der Waals surface area contributed by atoms with Crippen LogP contribution in [0.4, 0.5) is 0 Å². The van der Waals surface area contributed by atoms with Gasteiger partial charge >= 0.3 is 11.9 Å². The second-order valence-corrected chi connectivity index (χ2v) is 7.64. The second kappa shape index (κ2) is 5.29. The summed E-state index contributed by atoms with van der Waals surface area (Å²) in [5, 5.41) is 1.98. The third-order valence-electron chi connectivity index (χ3n) is 4.72. The molecular weight excluding hydrogens is 382 g/mol. The van der Waals surface area contributed by atoms with Crippen molar-refractivity contribution < 1.29 is 19.1 Å². The van der Waals surface area contributed by atoms with E-state index in [4.69, 9.17) is 9.47 Å². The number of carbonyl (C=O) groups is 2. The first-order valence-electron chi connectivity index (χ1n) is 7.34. The summed E-state index contributed by atoms with van der Waals surface area (Å²) >= 11 is 5.14. The molecule has 0 radical (unpaired) electrons. The van der Waals surface area contributed by atoms with Crippen molar-refractivity contribution in [1.29, 1.82) is 0 Å². The maximum atomic E-state index is 12.1. The normalized spacial score (nSPS) is 32.0. The highest BCUT2D eigenvalue weighted by molar-refractivity contribution is 9.10. The number of hydrogen-bond acceptors (Lipinski definition) is 6. The molecule has 1 aromatic heterocycles. The third-order valence-corrected chi connectivity index (χ3v) is 6.62. The van der Waals surface area contributed by atoms with Gasteiger partial charge in [-0.3, -0.25) is 4.90 Å². The van der Waals surface area contributed by atoms with Crippen molar-refractivity contribution in [2.24, 2.45) is 0 Å². The Morgan fingerprint density at radius 2 is 2.13 bits per heavy atom. The predicted octanol–water partition coefficient (Wildman–Crippen LogP) is 3.07. The lowest BCUT2D eigenvalue weighted by atomic mass is 9.96. The summed E-state index contributed by atoms with van der Waals surface area (Å²) in [6.45, 7) is 0. The molecule has 0 aromatic carbocycles. The highest BCUT2D eigenvalue weighted by Gasteiger charge is 2.57. The van der Waals surface area contributed by atoms with Crippen LogP contribution in [-0.2, 0) is 19.1 Å². The van der Waals surface area contributed by atoms with Crippen LogP contribution in [0.3, 0.4) is 0 Å². The molecule has 0 N–H and O–H groups in total. The zero-order chi connectivity index (χ0) is 16.2. The molecule has 4 heterocycles. The molecule has 7 heteroatoms. The fourth-order valence-corrected chi connectivity index (χ4v) is 5.26. The summed E-state index contributed by atoms with van der Waals surface area (Å²) in [7, 11) is 1.92. The number of fused-ring (bicyclic) bond motifs is 1. The van der Waals surface area contributed by atoms with Crippen LogP contribution in [0, 0.1) is 0 Å². The Morgan fingerprint density at radius 3 is 2.87 bits per heavy atom. The van der Waals surface area contributed by atoms with Gasteiger partial charge in [-0.05, 0) is 47.3 Å². The minimum absolute atomic E-state index is 0.262. The van der Waals surface area contributed by atoms with Gasteiger partial charge in [0.2, 0.25) is 5.72 Å². The molecule has 4 rings (SSSR count). The molecule has 1 saturated heterocycles. The number of nitrogens with zero attached hydrogens (tertiary/aromatic N) is 1. The molecule has 23 heavy (non-hydrogen) atoms. The van der Waals surface area contributed by atoms with E-state index in [0.717, 1.165) is 39.9 Å². The lowest BCUT2D eigenvalue weighted by molar-refractivity contribution is -0.177. The summed E-state index contributed by atoms with van der Waals surface area (Å²) in [5.41, 5.74) is -0.0388. The zero-order valence-electron chi connectivity index (χ0n) is 12.4. The minimum atomic E-state index is -0.987. The van der Waals surface area contributed by atoms with Crippen molar-refractivity contribution in [2.75, 3.05) is 7.05 Å². The van der Waals surface area contributed by atoms with Crippen LogP contribution in [0.1, 0.15) is 24.1 Å². The molecule has 3 aliphatic rings. The van der Waals surface area contributed by atoms with Gasteiger partial charge < -0.3 is 9.47 Å². The maximum Gasteiger partial charge on any atom is 0.336 e. The fourth-order valence-electron chi connectivity index (χ4n) is 3.59. The molecule has 120 valence electrons. The van der Waals surface area contributed by atoms with E-state index in [-0.39, 0.29) is 6.04 Å². The summed E-state index contributed by atoms with van der Waals surface area (Å²) in [6.07, 6.45) is 4.53. The van der Waals surface area contributed by atoms with E-state index in [2.05, 4.69) is 15.9 Å². The van der Waals surface area contributed by atoms with Crippen LogP contribution < -0.4 is 0 Å². The summed E-state index contributed by atoms with van der Waals surface area (Å²) in [5.74, 6) is -0.599. The Balaban J connectivity index is 1.95. The van der Waals surface area contributed by atoms with Crippen LogP contribution in [0.5, 0.6) is 0 Å². The molecule has 0 amide bonds. The lowest BCUT2D eigenvalue weighted by Gasteiger charge is -2.43. The monoisotopic (exact) mass is 395 g/mol. The first kappa shape index (κ1) is 15.1. The Labute approximate surface area is 145 Å². The molecule has 1 spiro atoms. The molecule has 2 bridgehead atoms. The van der Waals surface area contributed by atoms with Crippen molar-refractivity contribution in [1.82, 2.24) is 4.90 Å². The fraction of sp³-hybridized carbons (Fsp3) is 0.375. The van der Waals surface area contributed by atoms with Gasteiger partial charge in [0.25, 0.3) is 0 Å². The average molecular weight is 396 g/mol. The lowest BCUT2D eigenvalue weighted by Crippen LogP contribution is -2.53. The Bertz CT molecular complexity index is 768. The molecule has 5 nitrogen and oxygen atoms in total. The van der Waals surface area contributed by atoms with E-state index in [0.29, 0.717) is 12.2 Å². The van der Waals surface area contributed by atoms with Crippen LogP contribution in [-0.4, -0.2) is 35.7 Å². The highest BCUT2D eigenvalue weighted by atomic mass is 79.9. The van der Waals surface area contributed by atoms with Gasteiger partial charge in [0.1, 0.15) is 0 Å². The topological polar surface area (TPSA) is 55.8 Å². The zero-order valence-corrected chi connectivity index (χ0v) is 14.8. The number of rotatable bonds is 1. The predicted molar refractivity (Wildman–Crippen MR) is 88.4 cm³/mol. The Hall–Kier alpha value is -1.44. The number of carbonyl (C=O) groups excluding carboxylic acids is 2. The van der Waals surface area contributed by atoms with Crippen LogP contribution in [0.15, 0.2) is 33.8 Å². The summed E-state index contributed by atoms with van der Waals surface area (Å²) in [4.78, 5) is 27.1. The van der Waals surface area contributed by atoms with Gasteiger partial charge in [-0.25, -0.2) is 9.59 Å². The molecule has 3 aliphatic heterocycles. The number of halogens is 1. The number of hydrogen-bond donors (Lipinski definition) is 0. The van der Waals surface area contributed by atoms with E-state index in [1.807, 2.05) is 23.4 Å². The maximum absolute atomic E-state index is 12.1. The largest absolute Gasteiger partial charge is 0.433 e. The molecule has 1 aromatic rings. The highest BCUT2D eigenvalue weighted by Crippen LogP contribution is 2.52. The molecular formula is C16H14BrNO4S. The van der Waals surface area contributed by atoms with Crippen molar-refractivity contribution in [3.8, 4) is 0 Å². The average Bonchev–Trinajstić information content (AvgIpc) is 3.01. The number of thiophene rings is 1. The van der Waals surface area contributed by atoms with Gasteiger partial charge in [0, 0.05) is 39.5 Å². The standard InChI is InChI=1S/C16H14BrNO4S/c1-18-9-4-6-16(18)15(21-12(19)2-3-13(20)22-16)10(8-9)14-11(17)5-7-23-14/h2-3,5,7,9H,4,6,8H2,1H3/b3-2+. The first-order valence-corrected chi connectivity index (χ1v) is 9.01. The van der Waals surface area contributed by atoms with Gasteiger partial charge in [-0.1, -0.05) is 0 Å². The molecule has 1 fully saturated rings. The van der Waals surface area contributed by atoms with Crippen molar-refractivity contribution in [3.63, 3.8) is 0 Å². The van der Waals surface area contributed by atoms with Gasteiger partial charge in [0.05, 0.1) is 0 Å². The first-order chi connectivity index (χ1) is 11.0. The molecule has 0 aliphatic carbocycles. The van der Waals surface area contributed by atoms with Gasteiger partial charge in [-0.2, -0.15) is 0 Å². The van der Waals surface area contributed by atoms with Crippen LogP contribution in [0.2, 0.25) is 0 Å². The van der Waals surface area contributed by atoms with E-state index in [1.165, 1.54) is 0 Å². The van der Waals surface area contributed by atoms with Gasteiger partial charge in [0.15, 0.2) is 5.76 Å². The number of likely N-dealkylation sites (N-methyl/N-ethyl adjacent to an activating group) is 1. The van der Waals surface area contributed by atoms with Crippen LogP contribution in [0.25, 0.3) is 5.57 Å². The molecule has 2 atom stereocenters. The Kier molecular flexibility index (Phi) is 3.48. The van der Waals surface area contributed by atoms with E-state index >= 15 is 0 Å². The smallest absolute Gasteiger partial charge is 0.336 e. The number of ether oxygens (including phenoxy) is 2. The second-order valence-electron chi connectivity index (χ2n) is 5.87. The quantitative estimate of drug-likeness (QED) is 0.683. The van der Waals surface area contributed by atoms with E-state index in [9.17, 15) is 9.59 Å². The van der Waals surface area contributed by atoms with E-state index < -0.39 is 17.7 Å². The van der Waals surface area contributed by atoms with Gasteiger partial charge in [-0.15, -0.1) is 11.3 Å². The third kappa shape index (κ3) is 2.21. The molecule has 0 saturated carbocycles. The summed E-state index contributed by atoms with van der Waals surface area (Å²) < 4.78 is 12.4. The minimum Gasteiger partial charge on any atom is -0.433 e. The Morgan fingerprint density at radius 1 is 1.35 bits per heavy atom. The van der Waals surface area contributed by atoms with Crippen LogP contribution >= 0.6 is 27.3 Å². The van der Waals surface area contributed by atoms with E-state index in [1.54, 1.807) is 11.3 Å². The van der Waals surface area contributed by atoms with Crippen molar-refractivity contribution in [3.05, 3.63) is 38.7 Å². The molecule has 2 unspecified atom stereocenters.